The highest BCUT2D eigenvalue weighted by Gasteiger charge is 2.35. The summed E-state index contributed by atoms with van der Waals surface area (Å²) in [7, 11) is 1.49. The van der Waals surface area contributed by atoms with Gasteiger partial charge in [0.1, 0.15) is 11.3 Å². The predicted molar refractivity (Wildman–Crippen MR) is 106 cm³/mol. The van der Waals surface area contributed by atoms with E-state index in [1.165, 1.54) is 30.0 Å². The molecule has 0 aliphatic carbocycles. The molecule has 1 atom stereocenters. The third-order valence-corrected chi connectivity index (χ3v) is 5.21. The van der Waals surface area contributed by atoms with Gasteiger partial charge in [0.25, 0.3) is 0 Å². The zero-order valence-electron chi connectivity index (χ0n) is 16.2. The number of alkyl halides is 3. The van der Waals surface area contributed by atoms with E-state index in [-0.39, 0.29) is 29.3 Å². The molecule has 0 radical (unpaired) electrons. The summed E-state index contributed by atoms with van der Waals surface area (Å²) in [4.78, 5) is 24.2. The first-order chi connectivity index (χ1) is 14.7. The molecule has 1 aromatic heterocycles. The molecule has 3 aromatic rings. The molecule has 2 N–H and O–H groups in total. The average Bonchev–Trinajstić information content (AvgIpc) is 3.12. The zero-order chi connectivity index (χ0) is 22.3. The van der Waals surface area contributed by atoms with Gasteiger partial charge in [-0.2, -0.15) is 13.2 Å². The fourth-order valence-corrected chi connectivity index (χ4v) is 3.81. The number of carboxylic acids is 1. The molecule has 0 unspecified atom stereocenters. The van der Waals surface area contributed by atoms with Crippen LogP contribution in [0.25, 0.3) is 5.69 Å². The van der Waals surface area contributed by atoms with Crippen molar-refractivity contribution in [3.63, 3.8) is 0 Å². The van der Waals surface area contributed by atoms with E-state index in [2.05, 4.69) is 5.32 Å². The number of nitrogens with zero attached hydrogens (tertiary/aromatic N) is 1. The molecule has 4 rings (SSSR count). The first kappa shape index (κ1) is 20.5. The number of methoxy groups -OCH3 is 1. The summed E-state index contributed by atoms with van der Waals surface area (Å²) in [5.41, 5.74) is 0.232. The van der Waals surface area contributed by atoms with Crippen molar-refractivity contribution in [3.8, 4) is 11.4 Å². The van der Waals surface area contributed by atoms with E-state index in [0.717, 1.165) is 12.1 Å². The molecule has 9 heteroatoms. The number of hydrogen-bond donors (Lipinski definition) is 2. The van der Waals surface area contributed by atoms with Gasteiger partial charge in [0.2, 0.25) is 5.91 Å². The fraction of sp³-hybridized carbons (Fsp3) is 0.182. The highest BCUT2D eigenvalue weighted by Crippen LogP contribution is 2.42. The molecule has 31 heavy (non-hydrogen) atoms. The van der Waals surface area contributed by atoms with E-state index in [9.17, 15) is 27.9 Å². The Morgan fingerprint density at radius 2 is 1.94 bits per heavy atom. The number of ether oxygens (including phenoxy) is 1. The number of carbonyl (C=O) groups excluding carboxylic acids is 1. The van der Waals surface area contributed by atoms with Crippen molar-refractivity contribution >= 4 is 17.6 Å². The molecule has 1 amide bonds. The summed E-state index contributed by atoms with van der Waals surface area (Å²) in [5.74, 6) is -1.72. The minimum absolute atomic E-state index is 0.00218. The first-order valence-corrected chi connectivity index (χ1v) is 9.29. The van der Waals surface area contributed by atoms with E-state index in [1.54, 1.807) is 24.3 Å². The summed E-state index contributed by atoms with van der Waals surface area (Å²) in [6.45, 7) is 0. The number of benzene rings is 2. The average molecular weight is 430 g/mol. The Bertz CT molecular complexity index is 1180. The molecule has 0 saturated heterocycles. The largest absolute Gasteiger partial charge is 0.497 e. The van der Waals surface area contributed by atoms with Crippen LogP contribution in [0.15, 0.2) is 54.7 Å². The highest BCUT2D eigenvalue weighted by molar-refractivity contribution is 6.04. The maximum Gasteiger partial charge on any atom is 0.416 e. The minimum atomic E-state index is -4.56. The van der Waals surface area contributed by atoms with Crippen LogP contribution in [0.3, 0.4) is 0 Å². The van der Waals surface area contributed by atoms with Crippen LogP contribution in [0.4, 0.5) is 18.9 Å². The Labute approximate surface area is 174 Å². The Kier molecular flexibility index (Phi) is 4.96. The van der Waals surface area contributed by atoms with E-state index < -0.39 is 23.6 Å². The first-order valence-electron chi connectivity index (χ1n) is 9.29. The van der Waals surface area contributed by atoms with Crippen molar-refractivity contribution < 1.29 is 32.6 Å². The van der Waals surface area contributed by atoms with Crippen LogP contribution in [0.1, 0.15) is 39.5 Å². The number of hydrogen-bond acceptors (Lipinski definition) is 3. The lowest BCUT2D eigenvalue weighted by Crippen LogP contribution is -2.25. The second-order valence-corrected chi connectivity index (χ2v) is 7.11. The van der Waals surface area contributed by atoms with Crippen LogP contribution >= 0.6 is 0 Å². The molecule has 0 saturated carbocycles. The number of carbonyl (C=O) groups is 2. The normalized spacial score (nSPS) is 15.9. The van der Waals surface area contributed by atoms with Crippen LogP contribution in [0, 0.1) is 0 Å². The van der Waals surface area contributed by atoms with Crippen molar-refractivity contribution in [2.75, 3.05) is 12.4 Å². The number of fused-ring (bicyclic) bond motifs is 1. The van der Waals surface area contributed by atoms with Gasteiger partial charge >= 0.3 is 12.1 Å². The summed E-state index contributed by atoms with van der Waals surface area (Å²) in [6.07, 6.45) is -3.32. The maximum atomic E-state index is 13.3. The van der Waals surface area contributed by atoms with Gasteiger partial charge in [-0.05, 0) is 35.9 Å². The van der Waals surface area contributed by atoms with Crippen LogP contribution in [-0.2, 0) is 11.0 Å². The molecule has 0 bridgehead atoms. The van der Waals surface area contributed by atoms with Crippen molar-refractivity contribution in [1.82, 2.24) is 4.57 Å². The number of aromatic nitrogens is 1. The zero-order valence-corrected chi connectivity index (χ0v) is 16.2. The van der Waals surface area contributed by atoms with Crippen LogP contribution in [-0.4, -0.2) is 28.7 Å². The number of nitrogens with one attached hydrogen (secondary N) is 1. The lowest BCUT2D eigenvalue weighted by atomic mass is 9.88. The second kappa shape index (κ2) is 7.50. The fourth-order valence-electron chi connectivity index (χ4n) is 3.81. The monoisotopic (exact) mass is 430 g/mol. The van der Waals surface area contributed by atoms with Gasteiger partial charge in [-0.25, -0.2) is 4.79 Å². The Balaban J connectivity index is 1.96. The van der Waals surface area contributed by atoms with Crippen molar-refractivity contribution in [3.05, 3.63) is 77.1 Å². The summed E-state index contributed by atoms with van der Waals surface area (Å²) >= 11 is 0. The summed E-state index contributed by atoms with van der Waals surface area (Å²) in [6, 6.07) is 11.5. The molecular formula is C22H17F3N2O4. The smallest absolute Gasteiger partial charge is 0.416 e. The molecule has 2 aromatic carbocycles. The number of halogens is 3. The second-order valence-electron chi connectivity index (χ2n) is 7.11. The molecule has 0 fully saturated rings. The SMILES string of the molecule is COc1cccc([C@H]2CC(=O)Nc3c(C(=O)O)cn(-c4cccc(C(F)(F)F)c4)c32)c1. The van der Waals surface area contributed by atoms with Crippen LogP contribution in [0.2, 0.25) is 0 Å². The number of aromatic carboxylic acids is 1. The summed E-state index contributed by atoms with van der Waals surface area (Å²) in [5, 5.41) is 12.2. The molecule has 0 spiro atoms. The summed E-state index contributed by atoms with van der Waals surface area (Å²) < 4.78 is 46.4. The highest BCUT2D eigenvalue weighted by atomic mass is 19.4. The molecule has 1 aliphatic rings. The molecule has 6 nitrogen and oxygen atoms in total. The van der Waals surface area contributed by atoms with Crippen molar-refractivity contribution in [2.24, 2.45) is 0 Å². The minimum Gasteiger partial charge on any atom is -0.497 e. The van der Waals surface area contributed by atoms with E-state index in [4.69, 9.17) is 4.74 Å². The van der Waals surface area contributed by atoms with Gasteiger partial charge in [-0.3, -0.25) is 4.79 Å². The van der Waals surface area contributed by atoms with Gasteiger partial charge in [0.05, 0.1) is 24.1 Å². The number of carboxylic acid groups (broad SMARTS) is 1. The topological polar surface area (TPSA) is 80.6 Å². The van der Waals surface area contributed by atoms with E-state index in [1.807, 2.05) is 0 Å². The predicted octanol–water partition coefficient (Wildman–Crippen LogP) is 4.68. The molecule has 2 heterocycles. The van der Waals surface area contributed by atoms with Crippen molar-refractivity contribution in [1.29, 1.82) is 0 Å². The number of amides is 1. The van der Waals surface area contributed by atoms with Crippen LogP contribution in [0.5, 0.6) is 5.75 Å². The van der Waals surface area contributed by atoms with E-state index >= 15 is 0 Å². The van der Waals surface area contributed by atoms with Crippen molar-refractivity contribution in [2.45, 2.75) is 18.5 Å². The number of rotatable bonds is 4. The number of anilines is 1. The van der Waals surface area contributed by atoms with Gasteiger partial charge in [0, 0.05) is 24.2 Å². The quantitative estimate of drug-likeness (QED) is 0.630. The van der Waals surface area contributed by atoms with Gasteiger partial charge in [-0.15, -0.1) is 0 Å². The molecule has 160 valence electrons. The van der Waals surface area contributed by atoms with E-state index in [0.29, 0.717) is 17.0 Å². The van der Waals surface area contributed by atoms with Crippen LogP contribution < -0.4 is 10.1 Å². The molecular weight excluding hydrogens is 413 g/mol. The lowest BCUT2D eigenvalue weighted by molar-refractivity contribution is -0.137. The van der Waals surface area contributed by atoms with Gasteiger partial charge < -0.3 is 19.7 Å². The standard InChI is InChI=1S/C22H17F3N2O4/c1-31-15-7-2-4-12(8-15)16-10-18(28)26-19-17(21(29)30)11-27(20(16)19)14-6-3-5-13(9-14)22(23,24)25/h2-9,11,16H,10H2,1H3,(H,26,28)(H,29,30)/t16-/m1/s1. The lowest BCUT2D eigenvalue weighted by Gasteiger charge is -2.26. The maximum absolute atomic E-state index is 13.3. The molecule has 1 aliphatic heterocycles. The Hall–Kier alpha value is -3.75. The Morgan fingerprint density at radius 3 is 2.61 bits per heavy atom. The Morgan fingerprint density at radius 1 is 1.19 bits per heavy atom. The van der Waals surface area contributed by atoms with Gasteiger partial charge in [-0.1, -0.05) is 18.2 Å². The third-order valence-electron chi connectivity index (χ3n) is 5.21. The van der Waals surface area contributed by atoms with Gasteiger partial charge in [0.15, 0.2) is 0 Å². The third kappa shape index (κ3) is 3.74.